The van der Waals surface area contributed by atoms with E-state index in [1.807, 2.05) is 18.3 Å². The van der Waals surface area contributed by atoms with Crippen molar-refractivity contribution in [2.45, 2.75) is 19.9 Å². The minimum atomic E-state index is 1.15. The van der Waals surface area contributed by atoms with E-state index in [9.17, 15) is 0 Å². The molecule has 0 radical (unpaired) electrons. The summed E-state index contributed by atoms with van der Waals surface area (Å²) in [5.74, 6) is 0. The van der Waals surface area contributed by atoms with E-state index in [2.05, 4.69) is 43.1 Å². The molecule has 1 nitrogen and oxygen atoms in total. The number of hydrogen-bond acceptors (Lipinski definition) is 2. The summed E-state index contributed by atoms with van der Waals surface area (Å²) in [6, 6.07) is 2.25. The number of hydrogen-bond donors (Lipinski definition) is 0. The minimum Gasteiger partial charge on any atom is -0.302 e. The highest BCUT2D eigenvalue weighted by Crippen LogP contribution is 2.22. The molecule has 1 aromatic heterocycles. The smallest absolute Gasteiger partial charge is 0.0241 e. The molecule has 0 aliphatic carbocycles. The van der Waals surface area contributed by atoms with Gasteiger partial charge in [0.05, 0.1) is 0 Å². The second-order valence-electron chi connectivity index (χ2n) is 3.74. The second-order valence-corrected chi connectivity index (χ2v) is 4.74. The molecule has 1 aromatic rings. The van der Waals surface area contributed by atoms with Crippen LogP contribution in [0.1, 0.15) is 17.4 Å². The molecule has 0 aromatic carbocycles. The van der Waals surface area contributed by atoms with Crippen LogP contribution in [0.15, 0.2) is 49.4 Å². The van der Waals surface area contributed by atoms with E-state index in [0.717, 1.165) is 6.54 Å². The molecule has 0 unspecified atom stereocenters. The highest BCUT2D eigenvalue weighted by molar-refractivity contribution is 7.10. The summed E-state index contributed by atoms with van der Waals surface area (Å²) >= 11 is 1.90. The number of rotatable bonds is 1. The molecule has 0 amide bonds. The molecule has 0 fully saturated rings. The standard InChI is InChI=1S/C8H11NS.C4H6.C3H6/c1-9-4-2-8-7(6-9)3-5-10-8;1-3-4-2;1-3-2/h3,5H,2,4,6H2,1H3;3-4H,1-2H2;3H,1H2,2H3. The Bertz CT molecular complexity index is 332. The first-order chi connectivity index (χ1) is 8.19. The minimum absolute atomic E-state index is 1.15. The number of nitrogens with zero attached hydrogens (tertiary/aromatic N) is 1. The van der Waals surface area contributed by atoms with Gasteiger partial charge in [0.2, 0.25) is 0 Å². The lowest BCUT2D eigenvalue weighted by Crippen LogP contribution is -2.25. The van der Waals surface area contributed by atoms with Gasteiger partial charge in [0.15, 0.2) is 0 Å². The van der Waals surface area contributed by atoms with Crippen molar-refractivity contribution in [3.05, 3.63) is 59.9 Å². The molecule has 0 N–H and O–H groups in total. The molecule has 0 spiro atoms. The molecule has 0 saturated heterocycles. The summed E-state index contributed by atoms with van der Waals surface area (Å²) in [5, 5.41) is 2.20. The van der Waals surface area contributed by atoms with Gasteiger partial charge in [0, 0.05) is 18.0 Å². The van der Waals surface area contributed by atoms with Crippen molar-refractivity contribution in [2.75, 3.05) is 13.6 Å². The first-order valence-electron chi connectivity index (χ1n) is 5.73. The summed E-state index contributed by atoms with van der Waals surface area (Å²) in [6.45, 7) is 14.4. The van der Waals surface area contributed by atoms with Crippen LogP contribution in [-0.4, -0.2) is 18.5 Å². The van der Waals surface area contributed by atoms with Crippen molar-refractivity contribution < 1.29 is 0 Å². The fraction of sp³-hybridized carbons (Fsp3) is 0.333. The lowest BCUT2D eigenvalue weighted by molar-refractivity contribution is 0.315. The predicted molar refractivity (Wildman–Crippen MR) is 80.6 cm³/mol. The van der Waals surface area contributed by atoms with Crippen molar-refractivity contribution in [1.82, 2.24) is 4.90 Å². The van der Waals surface area contributed by atoms with Gasteiger partial charge < -0.3 is 4.90 Å². The maximum Gasteiger partial charge on any atom is 0.0241 e. The maximum absolute atomic E-state index is 3.36. The molecule has 0 atom stereocenters. The van der Waals surface area contributed by atoms with Crippen molar-refractivity contribution in [3.8, 4) is 0 Å². The van der Waals surface area contributed by atoms with Crippen molar-refractivity contribution >= 4 is 11.3 Å². The van der Waals surface area contributed by atoms with Gasteiger partial charge in [0.1, 0.15) is 0 Å². The fourth-order valence-corrected chi connectivity index (χ4v) is 2.28. The second kappa shape index (κ2) is 10.1. The third-order valence-corrected chi connectivity index (χ3v) is 3.19. The monoisotopic (exact) mass is 249 g/mol. The van der Waals surface area contributed by atoms with Crippen LogP contribution >= 0.6 is 11.3 Å². The lowest BCUT2D eigenvalue weighted by atomic mass is 10.1. The van der Waals surface area contributed by atoms with Crippen LogP contribution in [0.5, 0.6) is 0 Å². The zero-order valence-corrected chi connectivity index (χ0v) is 11.8. The molecule has 17 heavy (non-hydrogen) atoms. The van der Waals surface area contributed by atoms with Crippen LogP contribution in [0.3, 0.4) is 0 Å². The summed E-state index contributed by atoms with van der Waals surface area (Å²) < 4.78 is 0. The molecule has 2 heterocycles. The van der Waals surface area contributed by atoms with Crippen LogP contribution in [0, 0.1) is 0 Å². The predicted octanol–water partition coefficient (Wildman–Crippen LogP) is 4.29. The number of fused-ring (bicyclic) bond motifs is 1. The van der Waals surface area contributed by atoms with Gasteiger partial charge in [-0.2, -0.15) is 0 Å². The molecule has 1 aliphatic heterocycles. The van der Waals surface area contributed by atoms with Crippen LogP contribution in [-0.2, 0) is 13.0 Å². The van der Waals surface area contributed by atoms with Gasteiger partial charge in [-0.25, -0.2) is 0 Å². The summed E-state index contributed by atoms with van der Waals surface area (Å²) in [6.07, 6.45) is 6.28. The zero-order chi connectivity index (χ0) is 13.1. The quantitative estimate of drug-likeness (QED) is 0.530. The maximum atomic E-state index is 3.36. The Morgan fingerprint density at radius 3 is 2.41 bits per heavy atom. The Balaban J connectivity index is 0.000000311. The molecular weight excluding hydrogens is 226 g/mol. The lowest BCUT2D eigenvalue weighted by Gasteiger charge is -2.21. The third kappa shape index (κ3) is 6.93. The number of likely N-dealkylation sites (N-methyl/N-ethyl adjacent to an activating group) is 1. The summed E-state index contributed by atoms with van der Waals surface area (Å²) in [7, 11) is 2.18. The van der Waals surface area contributed by atoms with Crippen LogP contribution in [0.25, 0.3) is 0 Å². The molecule has 0 bridgehead atoms. The van der Waals surface area contributed by atoms with Crippen molar-refractivity contribution in [3.63, 3.8) is 0 Å². The van der Waals surface area contributed by atoms with E-state index < -0.39 is 0 Å². The van der Waals surface area contributed by atoms with Gasteiger partial charge in [-0.05, 0) is 37.4 Å². The average molecular weight is 249 g/mol. The Morgan fingerprint density at radius 2 is 1.88 bits per heavy atom. The van der Waals surface area contributed by atoms with E-state index in [0.29, 0.717) is 0 Å². The Kier molecular flexibility index (Phi) is 9.40. The van der Waals surface area contributed by atoms with E-state index in [1.165, 1.54) is 13.0 Å². The van der Waals surface area contributed by atoms with Crippen molar-refractivity contribution in [2.24, 2.45) is 0 Å². The third-order valence-electron chi connectivity index (χ3n) is 2.17. The SMILES string of the molecule is C=CC.C=CC=C.CN1CCc2sccc2C1. The topological polar surface area (TPSA) is 3.24 Å². The van der Waals surface area contributed by atoms with E-state index >= 15 is 0 Å². The van der Waals surface area contributed by atoms with Crippen LogP contribution in [0.2, 0.25) is 0 Å². The first-order valence-corrected chi connectivity index (χ1v) is 6.61. The average Bonchev–Trinajstić information content (AvgIpc) is 2.77. The normalized spacial score (nSPS) is 13.1. The van der Waals surface area contributed by atoms with E-state index in [1.54, 1.807) is 28.7 Å². The van der Waals surface area contributed by atoms with Crippen LogP contribution in [0.4, 0.5) is 0 Å². The van der Waals surface area contributed by atoms with Gasteiger partial charge in [-0.15, -0.1) is 17.9 Å². The first kappa shape index (κ1) is 15.9. The van der Waals surface area contributed by atoms with E-state index in [-0.39, 0.29) is 0 Å². The van der Waals surface area contributed by atoms with Crippen LogP contribution < -0.4 is 0 Å². The molecule has 2 rings (SSSR count). The molecule has 2 heteroatoms. The fourth-order valence-electron chi connectivity index (χ4n) is 1.39. The largest absolute Gasteiger partial charge is 0.302 e. The van der Waals surface area contributed by atoms with Gasteiger partial charge in [-0.3, -0.25) is 0 Å². The van der Waals surface area contributed by atoms with Gasteiger partial charge in [-0.1, -0.05) is 31.4 Å². The number of allylic oxidation sites excluding steroid dienone is 3. The van der Waals surface area contributed by atoms with Crippen molar-refractivity contribution in [1.29, 1.82) is 0 Å². The molecule has 1 aliphatic rings. The Labute approximate surface area is 110 Å². The zero-order valence-electron chi connectivity index (χ0n) is 11.0. The Morgan fingerprint density at radius 1 is 1.29 bits per heavy atom. The Hall–Kier alpha value is -1.12. The molecule has 0 saturated carbocycles. The summed E-state index contributed by atoms with van der Waals surface area (Å²) in [5.41, 5.74) is 1.54. The number of thiophene rings is 1. The highest BCUT2D eigenvalue weighted by atomic mass is 32.1. The van der Waals surface area contributed by atoms with E-state index in [4.69, 9.17) is 0 Å². The highest BCUT2D eigenvalue weighted by Gasteiger charge is 2.12. The van der Waals surface area contributed by atoms with Gasteiger partial charge in [0.25, 0.3) is 0 Å². The summed E-state index contributed by atoms with van der Waals surface area (Å²) in [4.78, 5) is 3.97. The molecule has 94 valence electrons. The molecular formula is C15H23NS. The van der Waals surface area contributed by atoms with Gasteiger partial charge >= 0.3 is 0 Å².